The van der Waals surface area contributed by atoms with Crippen molar-refractivity contribution >= 4 is 17.7 Å². The number of carbonyl (C=O) groups is 3. The molecule has 0 saturated carbocycles. The fraction of sp³-hybridized carbons (Fsp3) is 0.571. The second-order valence-electron chi connectivity index (χ2n) is 8.71. The number of fused-ring (bicyclic) bond motifs is 1. The van der Waals surface area contributed by atoms with Crippen LogP contribution in [0.15, 0.2) is 18.2 Å². The normalized spacial score (nSPS) is 26.1. The maximum Gasteiger partial charge on any atom is 0.255 e. The van der Waals surface area contributed by atoms with Crippen molar-refractivity contribution in [3.8, 4) is 0 Å². The van der Waals surface area contributed by atoms with Crippen LogP contribution in [0.4, 0.5) is 0 Å². The van der Waals surface area contributed by atoms with Crippen LogP contribution in [0.25, 0.3) is 0 Å². The Kier molecular flexibility index (Phi) is 4.44. The van der Waals surface area contributed by atoms with Gasteiger partial charge in [0, 0.05) is 38.2 Å². The molecule has 4 aliphatic rings. The lowest BCUT2D eigenvalue weighted by atomic mass is 9.85. The van der Waals surface area contributed by atoms with Gasteiger partial charge in [-0.3, -0.25) is 24.6 Å². The molecule has 1 unspecified atom stereocenters. The van der Waals surface area contributed by atoms with E-state index >= 15 is 0 Å². The number of likely N-dealkylation sites (tertiary alicyclic amines) is 1. The van der Waals surface area contributed by atoms with Crippen LogP contribution in [-0.4, -0.2) is 59.7 Å². The molecule has 0 radical (unpaired) electrons. The van der Waals surface area contributed by atoms with E-state index in [1.165, 1.54) is 25.1 Å². The van der Waals surface area contributed by atoms with Crippen LogP contribution in [0.3, 0.4) is 0 Å². The maximum atomic E-state index is 12.7. The quantitative estimate of drug-likeness (QED) is 0.725. The van der Waals surface area contributed by atoms with E-state index in [1.54, 1.807) is 4.90 Å². The van der Waals surface area contributed by atoms with Gasteiger partial charge in [-0.15, -0.1) is 0 Å². The van der Waals surface area contributed by atoms with E-state index in [1.807, 2.05) is 12.1 Å². The third-order valence-corrected chi connectivity index (χ3v) is 6.56. The predicted octanol–water partition coefficient (Wildman–Crippen LogP) is 0.489. The van der Waals surface area contributed by atoms with Crippen LogP contribution in [0.5, 0.6) is 0 Å². The van der Waals surface area contributed by atoms with Crippen LogP contribution in [-0.2, 0) is 22.7 Å². The first-order valence-electron chi connectivity index (χ1n) is 10.3. The fourth-order valence-corrected chi connectivity index (χ4v) is 4.93. The van der Waals surface area contributed by atoms with Gasteiger partial charge in [-0.2, -0.15) is 0 Å². The molecule has 1 atom stereocenters. The molecule has 0 spiro atoms. The average molecular weight is 382 g/mol. The molecule has 3 saturated heterocycles. The zero-order chi connectivity index (χ0) is 19.3. The van der Waals surface area contributed by atoms with E-state index in [4.69, 9.17) is 0 Å². The molecule has 4 aliphatic heterocycles. The Morgan fingerprint density at radius 1 is 1.07 bits per heavy atom. The lowest BCUT2D eigenvalue weighted by molar-refractivity contribution is -0.136. The van der Waals surface area contributed by atoms with Crippen molar-refractivity contribution in [3.63, 3.8) is 0 Å². The molecule has 1 aromatic rings. The SMILES string of the molecule is O=C1CCC(N2Cc3cc(CN4CC(CC5CNC5)C4)ccc3C2=O)C(=O)N1. The smallest absolute Gasteiger partial charge is 0.255 e. The lowest BCUT2D eigenvalue weighted by Crippen LogP contribution is -2.52. The Morgan fingerprint density at radius 3 is 2.61 bits per heavy atom. The van der Waals surface area contributed by atoms with Gasteiger partial charge >= 0.3 is 0 Å². The minimum atomic E-state index is -0.543. The summed E-state index contributed by atoms with van der Waals surface area (Å²) in [6.07, 6.45) is 2.03. The highest BCUT2D eigenvalue weighted by molar-refractivity contribution is 6.05. The van der Waals surface area contributed by atoms with Crippen molar-refractivity contribution < 1.29 is 14.4 Å². The lowest BCUT2D eigenvalue weighted by Gasteiger charge is -2.42. The summed E-state index contributed by atoms with van der Waals surface area (Å²) in [5.74, 6) is 0.983. The Balaban J connectivity index is 1.20. The first kappa shape index (κ1) is 17.8. The zero-order valence-corrected chi connectivity index (χ0v) is 15.9. The van der Waals surface area contributed by atoms with Crippen LogP contribution in [0.1, 0.15) is 40.7 Å². The van der Waals surface area contributed by atoms with Gasteiger partial charge < -0.3 is 10.2 Å². The van der Waals surface area contributed by atoms with E-state index in [0.717, 1.165) is 37.0 Å². The largest absolute Gasteiger partial charge is 0.322 e. The van der Waals surface area contributed by atoms with E-state index in [2.05, 4.69) is 21.6 Å². The molecular weight excluding hydrogens is 356 g/mol. The fourth-order valence-electron chi connectivity index (χ4n) is 4.93. The Hall–Kier alpha value is -2.25. The molecule has 0 bridgehead atoms. The van der Waals surface area contributed by atoms with Crippen molar-refractivity contribution in [2.75, 3.05) is 26.2 Å². The number of piperidine rings is 1. The number of rotatable bonds is 5. The third-order valence-electron chi connectivity index (χ3n) is 6.56. The van der Waals surface area contributed by atoms with Gasteiger partial charge in [0.25, 0.3) is 5.91 Å². The Labute approximate surface area is 164 Å². The third kappa shape index (κ3) is 3.22. The zero-order valence-electron chi connectivity index (χ0n) is 15.9. The summed E-state index contributed by atoms with van der Waals surface area (Å²) in [4.78, 5) is 40.3. The highest BCUT2D eigenvalue weighted by Gasteiger charge is 2.39. The number of amides is 3. The van der Waals surface area contributed by atoms with Crippen LogP contribution < -0.4 is 10.6 Å². The summed E-state index contributed by atoms with van der Waals surface area (Å²) in [6, 6.07) is 5.50. The van der Waals surface area contributed by atoms with Crippen LogP contribution >= 0.6 is 0 Å². The predicted molar refractivity (Wildman–Crippen MR) is 102 cm³/mol. The average Bonchev–Trinajstić information content (AvgIpc) is 2.91. The van der Waals surface area contributed by atoms with Crippen molar-refractivity contribution in [1.29, 1.82) is 0 Å². The molecule has 28 heavy (non-hydrogen) atoms. The summed E-state index contributed by atoms with van der Waals surface area (Å²) in [5.41, 5.74) is 2.90. The van der Waals surface area contributed by atoms with Gasteiger partial charge in [0.1, 0.15) is 6.04 Å². The number of hydrogen-bond acceptors (Lipinski definition) is 5. The topological polar surface area (TPSA) is 81.8 Å². The van der Waals surface area contributed by atoms with Gasteiger partial charge in [-0.25, -0.2) is 0 Å². The Morgan fingerprint density at radius 2 is 1.89 bits per heavy atom. The van der Waals surface area contributed by atoms with E-state index in [9.17, 15) is 14.4 Å². The molecule has 3 fully saturated rings. The summed E-state index contributed by atoms with van der Waals surface area (Å²) >= 11 is 0. The summed E-state index contributed by atoms with van der Waals surface area (Å²) in [7, 11) is 0. The monoisotopic (exact) mass is 382 g/mol. The maximum absolute atomic E-state index is 12.7. The number of nitrogens with zero attached hydrogens (tertiary/aromatic N) is 2. The minimum Gasteiger partial charge on any atom is -0.322 e. The van der Waals surface area contributed by atoms with Gasteiger partial charge in [-0.05, 0) is 55.0 Å². The Bertz CT molecular complexity index is 829. The molecule has 5 rings (SSSR count). The summed E-state index contributed by atoms with van der Waals surface area (Å²) in [6.45, 7) is 6.05. The van der Waals surface area contributed by atoms with Gasteiger partial charge in [0.2, 0.25) is 11.8 Å². The number of hydrogen-bond donors (Lipinski definition) is 2. The molecule has 2 N–H and O–H groups in total. The summed E-state index contributed by atoms with van der Waals surface area (Å²) < 4.78 is 0. The first-order chi connectivity index (χ1) is 13.6. The minimum absolute atomic E-state index is 0.103. The molecule has 1 aromatic carbocycles. The number of benzene rings is 1. The molecule has 0 aromatic heterocycles. The number of imide groups is 1. The highest BCUT2D eigenvalue weighted by atomic mass is 16.2. The molecule has 148 valence electrons. The van der Waals surface area contributed by atoms with Gasteiger partial charge in [0.15, 0.2) is 0 Å². The number of nitrogens with one attached hydrogen (secondary N) is 2. The highest BCUT2D eigenvalue weighted by Crippen LogP contribution is 2.30. The summed E-state index contributed by atoms with van der Waals surface area (Å²) in [5, 5.41) is 5.69. The van der Waals surface area contributed by atoms with E-state index < -0.39 is 6.04 Å². The van der Waals surface area contributed by atoms with E-state index in [-0.39, 0.29) is 24.1 Å². The van der Waals surface area contributed by atoms with Crippen LogP contribution in [0.2, 0.25) is 0 Å². The molecule has 0 aliphatic carbocycles. The van der Waals surface area contributed by atoms with Crippen molar-refractivity contribution in [2.45, 2.75) is 38.4 Å². The van der Waals surface area contributed by atoms with Crippen molar-refractivity contribution in [1.82, 2.24) is 20.4 Å². The van der Waals surface area contributed by atoms with Crippen molar-refractivity contribution in [2.24, 2.45) is 11.8 Å². The molecule has 7 nitrogen and oxygen atoms in total. The molecule has 7 heteroatoms. The second-order valence-corrected chi connectivity index (χ2v) is 8.71. The van der Waals surface area contributed by atoms with E-state index in [0.29, 0.717) is 18.5 Å². The molecule has 4 heterocycles. The number of carbonyl (C=O) groups excluding carboxylic acids is 3. The van der Waals surface area contributed by atoms with Crippen molar-refractivity contribution in [3.05, 3.63) is 34.9 Å². The van der Waals surface area contributed by atoms with Crippen LogP contribution in [0, 0.1) is 11.8 Å². The molecular formula is C21H26N4O3. The first-order valence-corrected chi connectivity index (χ1v) is 10.3. The van der Waals surface area contributed by atoms with Gasteiger partial charge in [0.05, 0.1) is 0 Å². The molecule has 3 amide bonds. The van der Waals surface area contributed by atoms with Gasteiger partial charge in [-0.1, -0.05) is 12.1 Å². The second kappa shape index (κ2) is 6.97. The standard InChI is InChI=1S/C21H26N4O3/c26-19-4-3-18(20(27)23-19)25-12-16-6-13(1-2-17(16)21(25)28)9-24-10-15(11-24)5-14-7-22-8-14/h1-2,6,14-15,18,22H,3-5,7-12H2,(H,23,26,27).